The molecule has 12 heavy (non-hydrogen) atoms. The quantitative estimate of drug-likeness (QED) is 0.534. The highest BCUT2D eigenvalue weighted by Gasteiger charge is 2.50. The van der Waals surface area contributed by atoms with Gasteiger partial charge in [0.15, 0.2) is 0 Å². The predicted molar refractivity (Wildman–Crippen MR) is 41.7 cm³/mol. The molecule has 1 aliphatic carbocycles. The van der Waals surface area contributed by atoms with Gasteiger partial charge >= 0.3 is 6.18 Å². The van der Waals surface area contributed by atoms with Crippen LogP contribution in [-0.2, 0) is 0 Å². The van der Waals surface area contributed by atoms with Crippen LogP contribution in [0.2, 0.25) is 0 Å². The Morgan fingerprint density at radius 1 is 0.917 bits per heavy atom. The number of hydrogen-bond donors (Lipinski definition) is 0. The van der Waals surface area contributed by atoms with E-state index < -0.39 is 12.1 Å². The minimum Gasteiger partial charge on any atom is -0.171 e. The first kappa shape index (κ1) is 9.87. The molecule has 0 bridgehead atoms. The van der Waals surface area contributed by atoms with Crippen LogP contribution in [0.5, 0.6) is 0 Å². The lowest BCUT2D eigenvalue weighted by atomic mass is 9.63. The Bertz CT molecular complexity index is 140. The lowest BCUT2D eigenvalue weighted by Gasteiger charge is -2.44. The summed E-state index contributed by atoms with van der Waals surface area (Å²) >= 11 is 0. The lowest BCUT2D eigenvalue weighted by molar-refractivity contribution is -0.212. The van der Waals surface area contributed by atoms with Crippen LogP contribution in [0, 0.1) is 17.3 Å². The summed E-state index contributed by atoms with van der Waals surface area (Å²) < 4.78 is 36.2. The fourth-order valence-electron chi connectivity index (χ4n) is 1.59. The van der Waals surface area contributed by atoms with Gasteiger partial charge in [0.25, 0.3) is 0 Å². The SMILES string of the molecule is CC(C)(C)C1CC(C(F)(F)F)C1. The maximum atomic E-state index is 12.1. The van der Waals surface area contributed by atoms with Gasteiger partial charge in [0.05, 0.1) is 5.92 Å². The Labute approximate surface area is 71.1 Å². The van der Waals surface area contributed by atoms with Crippen LogP contribution in [0.4, 0.5) is 13.2 Å². The third kappa shape index (κ3) is 1.93. The van der Waals surface area contributed by atoms with Gasteiger partial charge in [0.1, 0.15) is 0 Å². The van der Waals surface area contributed by atoms with Crippen molar-refractivity contribution in [2.24, 2.45) is 17.3 Å². The molecule has 0 heterocycles. The van der Waals surface area contributed by atoms with Crippen LogP contribution in [0.25, 0.3) is 0 Å². The highest BCUT2D eigenvalue weighted by Crippen LogP contribution is 2.51. The van der Waals surface area contributed by atoms with Gasteiger partial charge in [-0.25, -0.2) is 0 Å². The summed E-state index contributed by atoms with van der Waals surface area (Å²) in [6.45, 7) is 6.01. The van der Waals surface area contributed by atoms with Crippen molar-refractivity contribution < 1.29 is 13.2 Å². The smallest absolute Gasteiger partial charge is 0.171 e. The first-order valence-electron chi connectivity index (χ1n) is 4.28. The van der Waals surface area contributed by atoms with Crippen molar-refractivity contribution in [1.29, 1.82) is 0 Å². The summed E-state index contributed by atoms with van der Waals surface area (Å²) in [6, 6.07) is 0. The van der Waals surface area contributed by atoms with Gasteiger partial charge in [-0.3, -0.25) is 0 Å². The molecule has 0 unspecified atom stereocenters. The maximum absolute atomic E-state index is 12.1. The molecular weight excluding hydrogens is 165 g/mol. The molecule has 0 nitrogen and oxygen atoms in total. The third-order valence-corrected chi connectivity index (χ3v) is 2.83. The van der Waals surface area contributed by atoms with E-state index in [-0.39, 0.29) is 11.3 Å². The largest absolute Gasteiger partial charge is 0.391 e. The minimum atomic E-state index is -3.96. The highest BCUT2D eigenvalue weighted by atomic mass is 19.4. The Hall–Kier alpha value is -0.210. The van der Waals surface area contributed by atoms with Gasteiger partial charge in [-0.2, -0.15) is 13.2 Å². The van der Waals surface area contributed by atoms with E-state index in [1.165, 1.54) is 0 Å². The standard InChI is InChI=1S/C9H15F3/c1-8(2,3)6-4-7(5-6)9(10,11)12/h6-7H,4-5H2,1-3H3. The van der Waals surface area contributed by atoms with Crippen LogP contribution in [0.3, 0.4) is 0 Å². The van der Waals surface area contributed by atoms with Crippen molar-refractivity contribution in [3.63, 3.8) is 0 Å². The molecule has 0 saturated heterocycles. The first-order chi connectivity index (χ1) is 5.21. The molecule has 0 aromatic heterocycles. The number of hydrogen-bond acceptors (Lipinski definition) is 0. The van der Waals surface area contributed by atoms with Crippen LogP contribution in [0.15, 0.2) is 0 Å². The van der Waals surface area contributed by atoms with E-state index in [0.717, 1.165) is 0 Å². The molecule has 0 N–H and O–H groups in total. The second kappa shape index (κ2) is 2.64. The summed E-state index contributed by atoms with van der Waals surface area (Å²) in [4.78, 5) is 0. The van der Waals surface area contributed by atoms with Gasteiger partial charge in [0.2, 0.25) is 0 Å². The fraction of sp³-hybridized carbons (Fsp3) is 1.00. The Kier molecular flexibility index (Phi) is 2.17. The predicted octanol–water partition coefficient (Wildman–Crippen LogP) is 3.62. The molecular formula is C9H15F3. The summed E-state index contributed by atoms with van der Waals surface area (Å²) in [7, 11) is 0. The molecule has 0 radical (unpaired) electrons. The van der Waals surface area contributed by atoms with Crippen molar-refractivity contribution in [2.45, 2.75) is 39.8 Å². The van der Waals surface area contributed by atoms with Gasteiger partial charge in [-0.15, -0.1) is 0 Å². The summed E-state index contributed by atoms with van der Waals surface area (Å²) in [5, 5.41) is 0. The zero-order valence-corrected chi connectivity index (χ0v) is 7.70. The van der Waals surface area contributed by atoms with E-state index in [2.05, 4.69) is 0 Å². The zero-order chi connectivity index (χ0) is 9.57. The van der Waals surface area contributed by atoms with E-state index in [1.807, 2.05) is 20.8 Å². The number of alkyl halides is 3. The van der Waals surface area contributed by atoms with Crippen molar-refractivity contribution in [3.8, 4) is 0 Å². The van der Waals surface area contributed by atoms with Gasteiger partial charge in [-0.05, 0) is 24.2 Å². The van der Waals surface area contributed by atoms with E-state index in [4.69, 9.17) is 0 Å². The molecule has 0 spiro atoms. The van der Waals surface area contributed by atoms with Crippen molar-refractivity contribution in [1.82, 2.24) is 0 Å². The van der Waals surface area contributed by atoms with Crippen molar-refractivity contribution in [3.05, 3.63) is 0 Å². The molecule has 3 heteroatoms. The average Bonchev–Trinajstić information content (AvgIpc) is 1.46. The maximum Gasteiger partial charge on any atom is 0.391 e. The summed E-state index contributed by atoms with van der Waals surface area (Å²) in [6.07, 6.45) is -3.30. The van der Waals surface area contributed by atoms with E-state index in [1.54, 1.807) is 0 Å². The molecule has 1 aliphatic rings. The third-order valence-electron chi connectivity index (χ3n) is 2.83. The minimum absolute atomic E-state index is 0.0434. The Morgan fingerprint density at radius 2 is 1.33 bits per heavy atom. The fourth-order valence-corrected chi connectivity index (χ4v) is 1.59. The normalized spacial score (nSPS) is 31.5. The van der Waals surface area contributed by atoms with Gasteiger partial charge in [-0.1, -0.05) is 20.8 Å². The van der Waals surface area contributed by atoms with Gasteiger partial charge in [0, 0.05) is 0 Å². The monoisotopic (exact) mass is 180 g/mol. The topological polar surface area (TPSA) is 0 Å². The molecule has 0 aromatic rings. The lowest BCUT2D eigenvalue weighted by Crippen LogP contribution is -2.41. The average molecular weight is 180 g/mol. The summed E-state index contributed by atoms with van der Waals surface area (Å²) in [5.41, 5.74) is 0.0434. The first-order valence-corrected chi connectivity index (χ1v) is 4.28. The molecule has 1 fully saturated rings. The van der Waals surface area contributed by atoms with E-state index >= 15 is 0 Å². The van der Waals surface area contributed by atoms with Crippen molar-refractivity contribution >= 4 is 0 Å². The van der Waals surface area contributed by atoms with Crippen LogP contribution < -0.4 is 0 Å². The van der Waals surface area contributed by atoms with Crippen molar-refractivity contribution in [2.75, 3.05) is 0 Å². The molecule has 0 atom stereocenters. The van der Waals surface area contributed by atoms with Crippen LogP contribution in [-0.4, -0.2) is 6.18 Å². The second-order valence-corrected chi connectivity index (χ2v) is 4.77. The second-order valence-electron chi connectivity index (χ2n) is 4.77. The number of rotatable bonds is 0. The molecule has 72 valence electrons. The Morgan fingerprint density at radius 3 is 1.58 bits per heavy atom. The number of halogens is 3. The van der Waals surface area contributed by atoms with Gasteiger partial charge < -0.3 is 0 Å². The zero-order valence-electron chi connectivity index (χ0n) is 7.70. The molecule has 0 aliphatic heterocycles. The van der Waals surface area contributed by atoms with Crippen LogP contribution >= 0.6 is 0 Å². The molecule has 0 amide bonds. The highest BCUT2D eigenvalue weighted by molar-refractivity contribution is 4.90. The molecule has 1 rings (SSSR count). The van der Waals surface area contributed by atoms with E-state index in [0.29, 0.717) is 12.8 Å². The Balaban J connectivity index is 2.39. The molecule has 0 aromatic carbocycles. The summed E-state index contributed by atoms with van der Waals surface area (Å²) in [5.74, 6) is -0.772. The molecule has 1 saturated carbocycles. The van der Waals surface area contributed by atoms with Crippen LogP contribution in [0.1, 0.15) is 33.6 Å². The van der Waals surface area contributed by atoms with E-state index in [9.17, 15) is 13.2 Å².